The zero-order valence-corrected chi connectivity index (χ0v) is 24.0. The number of hydrogen-bond acceptors (Lipinski definition) is 5. The molecule has 1 aliphatic heterocycles. The van der Waals surface area contributed by atoms with E-state index in [1.165, 1.54) is 12.3 Å². The molecule has 1 fully saturated rings. The Hall–Kier alpha value is -2.89. The van der Waals surface area contributed by atoms with Crippen LogP contribution in [0.3, 0.4) is 0 Å². The minimum atomic E-state index is -4.78. The maximum absolute atomic E-state index is 14.2. The van der Waals surface area contributed by atoms with Gasteiger partial charge in [-0.3, -0.25) is 4.79 Å². The van der Waals surface area contributed by atoms with Crippen LogP contribution in [0.25, 0.3) is 11.3 Å². The predicted molar refractivity (Wildman–Crippen MR) is 146 cm³/mol. The summed E-state index contributed by atoms with van der Waals surface area (Å²) in [6.07, 6.45) is -5.95. The van der Waals surface area contributed by atoms with Gasteiger partial charge in [-0.25, -0.2) is 9.97 Å². The first-order valence-electron chi connectivity index (χ1n) is 14.0. The second-order valence-corrected chi connectivity index (χ2v) is 10.6. The molecule has 4 atom stereocenters. The number of nitrogens with one attached hydrogen (secondary N) is 1. The first-order chi connectivity index (χ1) is 19.2. The summed E-state index contributed by atoms with van der Waals surface area (Å²) >= 11 is 0. The monoisotopic (exact) mass is 588 g/mol. The van der Waals surface area contributed by atoms with Gasteiger partial charge >= 0.3 is 12.4 Å². The fraction of sp³-hybridized carbons (Fsp3) is 0.621. The molecule has 1 amide bonds. The van der Waals surface area contributed by atoms with E-state index in [2.05, 4.69) is 22.2 Å². The third-order valence-corrected chi connectivity index (χ3v) is 7.60. The van der Waals surface area contributed by atoms with Crippen molar-refractivity contribution in [3.8, 4) is 11.3 Å². The standard InChI is InChI=1S/C29H38F6N4O2/c1-6-9-25(40)38-27-26(18(5)28(30,31)32)20(10-11-36-27)21-15-19(29(33,34)35)16-24(37-21)39-12-13-41-23(8-3)22(39)14-17(4)7-2/h10-11,15-18,22-23H,6-9,12-14H2,1-5H3,(H,36,38,40). The van der Waals surface area contributed by atoms with Gasteiger partial charge in [0.25, 0.3) is 0 Å². The number of carbonyl (C=O) groups excluding carboxylic acids is 1. The quantitative estimate of drug-likeness (QED) is 0.285. The fourth-order valence-electron chi connectivity index (χ4n) is 5.10. The Balaban J connectivity index is 2.26. The number of carbonyl (C=O) groups is 1. The molecule has 0 bridgehead atoms. The van der Waals surface area contributed by atoms with Crippen molar-refractivity contribution in [1.29, 1.82) is 0 Å². The van der Waals surface area contributed by atoms with Crippen LogP contribution in [-0.2, 0) is 15.7 Å². The molecule has 0 spiro atoms. The van der Waals surface area contributed by atoms with Gasteiger partial charge in [0, 0.05) is 30.3 Å². The maximum atomic E-state index is 14.2. The van der Waals surface area contributed by atoms with Crippen LogP contribution < -0.4 is 10.2 Å². The van der Waals surface area contributed by atoms with Crippen LogP contribution in [0.15, 0.2) is 24.4 Å². The van der Waals surface area contributed by atoms with E-state index in [1.54, 1.807) is 11.8 Å². The lowest BCUT2D eigenvalue weighted by Crippen LogP contribution is -2.52. The van der Waals surface area contributed by atoms with Crippen molar-refractivity contribution in [3.05, 3.63) is 35.5 Å². The number of morpholine rings is 1. The second-order valence-electron chi connectivity index (χ2n) is 10.6. The number of rotatable bonds is 10. The van der Waals surface area contributed by atoms with Gasteiger partial charge < -0.3 is 15.0 Å². The Morgan fingerprint density at radius 3 is 2.44 bits per heavy atom. The van der Waals surface area contributed by atoms with Crippen molar-refractivity contribution >= 4 is 17.5 Å². The molecule has 0 aliphatic carbocycles. The number of nitrogens with zero attached hydrogens (tertiary/aromatic N) is 3. The number of hydrogen-bond donors (Lipinski definition) is 1. The van der Waals surface area contributed by atoms with Gasteiger partial charge in [0.15, 0.2) is 0 Å². The lowest BCUT2D eigenvalue weighted by molar-refractivity contribution is -0.146. The molecule has 1 aliphatic rings. The second kappa shape index (κ2) is 13.4. The summed E-state index contributed by atoms with van der Waals surface area (Å²) in [6.45, 7) is 9.22. The van der Waals surface area contributed by atoms with Crippen LogP contribution in [0.1, 0.15) is 83.8 Å². The summed E-state index contributed by atoms with van der Waals surface area (Å²) in [5, 5.41) is 2.42. The minimum Gasteiger partial charge on any atom is -0.374 e. The first-order valence-corrected chi connectivity index (χ1v) is 14.0. The van der Waals surface area contributed by atoms with Crippen molar-refractivity contribution in [1.82, 2.24) is 9.97 Å². The van der Waals surface area contributed by atoms with Crippen LogP contribution in [0, 0.1) is 5.92 Å². The Morgan fingerprint density at radius 2 is 1.85 bits per heavy atom. The van der Waals surface area contributed by atoms with Crippen molar-refractivity contribution in [2.75, 3.05) is 23.4 Å². The molecule has 1 N–H and O–H groups in total. The van der Waals surface area contributed by atoms with Gasteiger partial charge in [0.1, 0.15) is 11.6 Å². The molecule has 3 heterocycles. The number of ether oxygens (including phenoxy) is 1. The van der Waals surface area contributed by atoms with Crippen molar-refractivity contribution in [2.45, 2.75) is 97.1 Å². The Labute approximate surface area is 236 Å². The molecule has 41 heavy (non-hydrogen) atoms. The first kappa shape index (κ1) is 32.6. The van der Waals surface area contributed by atoms with Crippen molar-refractivity contribution in [3.63, 3.8) is 0 Å². The molecule has 2 aromatic rings. The maximum Gasteiger partial charge on any atom is 0.416 e. The normalized spacial score (nSPS) is 19.6. The third kappa shape index (κ3) is 7.90. The molecule has 0 aromatic carbocycles. The molecule has 2 aromatic heterocycles. The fourth-order valence-corrected chi connectivity index (χ4v) is 5.10. The zero-order valence-electron chi connectivity index (χ0n) is 24.0. The predicted octanol–water partition coefficient (Wildman–Crippen LogP) is 7.99. The average Bonchev–Trinajstić information content (AvgIpc) is 2.91. The van der Waals surface area contributed by atoms with Crippen LogP contribution in [0.5, 0.6) is 0 Å². The van der Waals surface area contributed by atoms with Crippen LogP contribution in [0.4, 0.5) is 38.0 Å². The molecule has 6 nitrogen and oxygen atoms in total. The van der Waals surface area contributed by atoms with Crippen molar-refractivity contribution in [2.24, 2.45) is 5.92 Å². The number of halogens is 6. The number of anilines is 2. The number of aromatic nitrogens is 2. The molecule has 4 unspecified atom stereocenters. The Morgan fingerprint density at radius 1 is 1.15 bits per heavy atom. The largest absolute Gasteiger partial charge is 0.416 e. The number of amides is 1. The van der Waals surface area contributed by atoms with E-state index >= 15 is 0 Å². The van der Waals surface area contributed by atoms with E-state index in [4.69, 9.17) is 4.74 Å². The Kier molecular flexibility index (Phi) is 10.7. The topological polar surface area (TPSA) is 67.4 Å². The molecule has 0 saturated carbocycles. The summed E-state index contributed by atoms with van der Waals surface area (Å²) in [6, 6.07) is 2.65. The van der Waals surface area contributed by atoms with Gasteiger partial charge in [-0.1, -0.05) is 34.1 Å². The lowest BCUT2D eigenvalue weighted by Gasteiger charge is -2.43. The molecular formula is C29H38F6N4O2. The van der Waals surface area contributed by atoms with E-state index in [9.17, 15) is 31.1 Å². The van der Waals surface area contributed by atoms with Gasteiger partial charge in [0.05, 0.1) is 35.9 Å². The molecular weight excluding hydrogens is 550 g/mol. The zero-order chi connectivity index (χ0) is 30.5. The number of pyridine rings is 2. The van der Waals surface area contributed by atoms with Crippen LogP contribution in [-0.4, -0.2) is 47.3 Å². The van der Waals surface area contributed by atoms with E-state index in [1.807, 2.05) is 13.8 Å². The highest BCUT2D eigenvalue weighted by molar-refractivity contribution is 5.91. The molecule has 228 valence electrons. The number of alkyl halides is 6. The summed E-state index contributed by atoms with van der Waals surface area (Å²) in [5.41, 5.74) is -1.93. The van der Waals surface area contributed by atoms with Crippen LogP contribution >= 0.6 is 0 Å². The average molecular weight is 589 g/mol. The van der Waals surface area contributed by atoms with Crippen LogP contribution in [0.2, 0.25) is 0 Å². The van der Waals surface area contributed by atoms with E-state index in [0.717, 1.165) is 25.5 Å². The smallest absolute Gasteiger partial charge is 0.374 e. The summed E-state index contributed by atoms with van der Waals surface area (Å²) in [5.74, 6) is -2.76. The van der Waals surface area contributed by atoms with Crippen molar-refractivity contribution < 1.29 is 35.9 Å². The van der Waals surface area contributed by atoms with Gasteiger partial charge in [-0.15, -0.1) is 0 Å². The lowest BCUT2D eigenvalue weighted by atomic mass is 9.91. The molecule has 1 saturated heterocycles. The summed E-state index contributed by atoms with van der Waals surface area (Å²) in [7, 11) is 0. The minimum absolute atomic E-state index is 0.0175. The summed E-state index contributed by atoms with van der Waals surface area (Å²) < 4.78 is 90.7. The highest BCUT2D eigenvalue weighted by Gasteiger charge is 2.41. The van der Waals surface area contributed by atoms with Gasteiger partial charge in [-0.2, -0.15) is 26.3 Å². The van der Waals surface area contributed by atoms with Gasteiger partial charge in [0.2, 0.25) is 5.91 Å². The Bertz CT molecular complexity index is 1190. The summed E-state index contributed by atoms with van der Waals surface area (Å²) in [4.78, 5) is 22.6. The third-order valence-electron chi connectivity index (χ3n) is 7.60. The molecule has 12 heteroatoms. The SMILES string of the molecule is CCCC(=O)Nc1nccc(-c2cc(C(F)(F)F)cc(N3CCOC(CC)C3CC(C)CC)n2)c1C(C)C(F)(F)F. The van der Waals surface area contributed by atoms with Gasteiger partial charge in [-0.05, 0) is 50.3 Å². The van der Waals surface area contributed by atoms with E-state index in [0.29, 0.717) is 19.3 Å². The highest BCUT2D eigenvalue weighted by Crippen LogP contribution is 2.44. The van der Waals surface area contributed by atoms with E-state index in [-0.39, 0.29) is 60.5 Å². The molecule has 0 radical (unpaired) electrons. The molecule has 3 rings (SSSR count). The van der Waals surface area contributed by atoms with E-state index < -0.39 is 35.3 Å². The highest BCUT2D eigenvalue weighted by atomic mass is 19.4.